The number of carbonyl (C=O) groups is 1. The molecule has 94 valence electrons. The largest absolute Gasteiger partial charge is 0.383 e. The molecule has 17 heavy (non-hydrogen) atoms. The Kier molecular flexibility index (Phi) is 5.59. The number of benzene rings is 1. The minimum atomic E-state index is -0.312. The number of likely N-dealkylation sites (N-methyl/N-ethyl adjacent to an activating group) is 1. The van der Waals surface area contributed by atoms with E-state index in [2.05, 4.69) is 5.32 Å². The van der Waals surface area contributed by atoms with E-state index in [1.807, 2.05) is 0 Å². The molecule has 0 atom stereocenters. The fourth-order valence-corrected chi connectivity index (χ4v) is 1.30. The van der Waals surface area contributed by atoms with Gasteiger partial charge in [-0.2, -0.15) is 0 Å². The van der Waals surface area contributed by atoms with Crippen molar-refractivity contribution in [2.75, 3.05) is 38.8 Å². The first kappa shape index (κ1) is 13.6. The van der Waals surface area contributed by atoms with Crippen molar-refractivity contribution in [3.8, 4) is 0 Å². The molecule has 5 heteroatoms. The molecule has 0 unspecified atom stereocenters. The fraction of sp³-hybridized carbons (Fsp3) is 0.417. The van der Waals surface area contributed by atoms with E-state index in [1.54, 1.807) is 26.3 Å². The van der Waals surface area contributed by atoms with Gasteiger partial charge < -0.3 is 15.0 Å². The van der Waals surface area contributed by atoms with E-state index in [0.29, 0.717) is 18.8 Å². The number of hydrogen-bond acceptors (Lipinski definition) is 3. The van der Waals surface area contributed by atoms with Crippen molar-refractivity contribution in [3.63, 3.8) is 0 Å². The molecule has 0 spiro atoms. The Morgan fingerprint density at radius 1 is 1.41 bits per heavy atom. The van der Waals surface area contributed by atoms with Crippen molar-refractivity contribution >= 4 is 11.6 Å². The monoisotopic (exact) mass is 240 g/mol. The minimum absolute atomic E-state index is 0.0762. The molecule has 0 heterocycles. The Balaban J connectivity index is 2.43. The highest BCUT2D eigenvalue weighted by molar-refractivity contribution is 5.94. The number of nitrogens with one attached hydrogen (secondary N) is 1. The van der Waals surface area contributed by atoms with Crippen LogP contribution in [0.4, 0.5) is 10.1 Å². The molecular formula is C12H17FN2O2. The van der Waals surface area contributed by atoms with Crippen molar-refractivity contribution in [1.82, 2.24) is 5.32 Å². The zero-order chi connectivity index (χ0) is 12.7. The van der Waals surface area contributed by atoms with Gasteiger partial charge in [-0.05, 0) is 24.3 Å². The van der Waals surface area contributed by atoms with Crippen LogP contribution in [0.3, 0.4) is 0 Å². The third-order valence-corrected chi connectivity index (χ3v) is 2.35. The zero-order valence-corrected chi connectivity index (χ0v) is 10.1. The third-order valence-electron chi connectivity index (χ3n) is 2.35. The number of nitrogens with zero attached hydrogens (tertiary/aromatic N) is 1. The first-order chi connectivity index (χ1) is 8.15. The highest BCUT2D eigenvalue weighted by Crippen LogP contribution is 2.12. The molecule has 1 rings (SSSR count). The molecule has 1 aromatic carbocycles. The number of amides is 1. The molecule has 0 bridgehead atoms. The highest BCUT2D eigenvalue weighted by Gasteiger charge is 2.09. The van der Waals surface area contributed by atoms with Crippen LogP contribution in [0.5, 0.6) is 0 Å². The summed E-state index contributed by atoms with van der Waals surface area (Å²) in [6.45, 7) is 1.42. The Hall–Kier alpha value is -1.46. The summed E-state index contributed by atoms with van der Waals surface area (Å²) in [5, 5.41) is 2.96. The summed E-state index contributed by atoms with van der Waals surface area (Å²) in [4.78, 5) is 13.2. The SMILES string of the molecule is COCCNCC(=O)N(C)c1ccc(F)cc1. The zero-order valence-electron chi connectivity index (χ0n) is 10.1. The van der Waals surface area contributed by atoms with Gasteiger partial charge in [0, 0.05) is 26.4 Å². The second-order valence-corrected chi connectivity index (χ2v) is 3.60. The van der Waals surface area contributed by atoms with E-state index in [9.17, 15) is 9.18 Å². The number of hydrogen-bond donors (Lipinski definition) is 1. The van der Waals surface area contributed by atoms with Gasteiger partial charge in [0.15, 0.2) is 0 Å². The quantitative estimate of drug-likeness (QED) is 0.755. The number of halogens is 1. The lowest BCUT2D eigenvalue weighted by atomic mass is 10.3. The lowest BCUT2D eigenvalue weighted by Crippen LogP contribution is -2.36. The van der Waals surface area contributed by atoms with Crippen molar-refractivity contribution in [3.05, 3.63) is 30.1 Å². The Morgan fingerprint density at radius 2 is 2.06 bits per heavy atom. The van der Waals surface area contributed by atoms with Crippen LogP contribution in [0, 0.1) is 5.82 Å². The van der Waals surface area contributed by atoms with Gasteiger partial charge in [-0.15, -0.1) is 0 Å². The molecule has 0 saturated carbocycles. The Bertz CT molecular complexity index is 354. The number of methoxy groups -OCH3 is 1. The molecule has 0 aliphatic heterocycles. The predicted octanol–water partition coefficient (Wildman–Crippen LogP) is 1.02. The summed E-state index contributed by atoms with van der Waals surface area (Å²) in [6, 6.07) is 5.81. The summed E-state index contributed by atoms with van der Waals surface area (Å²) in [7, 11) is 3.27. The first-order valence-electron chi connectivity index (χ1n) is 5.37. The van der Waals surface area contributed by atoms with Gasteiger partial charge in [0.2, 0.25) is 5.91 Å². The average Bonchev–Trinajstić information content (AvgIpc) is 2.34. The summed E-state index contributed by atoms with van der Waals surface area (Å²) < 4.78 is 17.6. The highest BCUT2D eigenvalue weighted by atomic mass is 19.1. The Morgan fingerprint density at radius 3 is 2.65 bits per heavy atom. The first-order valence-corrected chi connectivity index (χ1v) is 5.37. The summed E-state index contributed by atoms with van der Waals surface area (Å²) in [6.07, 6.45) is 0. The van der Waals surface area contributed by atoms with Gasteiger partial charge >= 0.3 is 0 Å². The van der Waals surface area contributed by atoms with E-state index in [1.165, 1.54) is 17.0 Å². The van der Waals surface area contributed by atoms with E-state index < -0.39 is 0 Å². The molecule has 1 aromatic rings. The van der Waals surface area contributed by atoms with Gasteiger partial charge in [-0.1, -0.05) is 0 Å². The lowest BCUT2D eigenvalue weighted by Gasteiger charge is -2.17. The minimum Gasteiger partial charge on any atom is -0.383 e. The van der Waals surface area contributed by atoms with Crippen LogP contribution in [0.2, 0.25) is 0 Å². The second kappa shape index (κ2) is 6.98. The van der Waals surface area contributed by atoms with Gasteiger partial charge in [0.25, 0.3) is 0 Å². The van der Waals surface area contributed by atoms with Gasteiger partial charge in [0.1, 0.15) is 5.82 Å². The third kappa shape index (κ3) is 4.50. The number of rotatable bonds is 6. The smallest absolute Gasteiger partial charge is 0.240 e. The Labute approximate surface area is 100 Å². The summed E-state index contributed by atoms with van der Waals surface area (Å²) in [5.41, 5.74) is 0.671. The van der Waals surface area contributed by atoms with Crippen LogP contribution >= 0.6 is 0 Å². The number of carbonyl (C=O) groups excluding carboxylic acids is 1. The van der Waals surface area contributed by atoms with Crippen molar-refractivity contribution in [2.45, 2.75) is 0 Å². The van der Waals surface area contributed by atoms with Gasteiger partial charge in [-0.3, -0.25) is 4.79 Å². The van der Waals surface area contributed by atoms with E-state index in [4.69, 9.17) is 4.74 Å². The molecule has 0 radical (unpaired) electrons. The fourth-order valence-electron chi connectivity index (χ4n) is 1.30. The number of anilines is 1. The van der Waals surface area contributed by atoms with Crippen molar-refractivity contribution in [2.24, 2.45) is 0 Å². The molecule has 1 N–H and O–H groups in total. The van der Waals surface area contributed by atoms with Crippen LogP contribution in [-0.4, -0.2) is 39.8 Å². The van der Waals surface area contributed by atoms with Crippen LogP contribution < -0.4 is 10.2 Å². The summed E-state index contributed by atoms with van der Waals surface area (Å²) in [5.74, 6) is -0.388. The maximum Gasteiger partial charge on any atom is 0.240 e. The molecule has 0 aromatic heterocycles. The maximum absolute atomic E-state index is 12.7. The van der Waals surface area contributed by atoms with Crippen molar-refractivity contribution < 1.29 is 13.9 Å². The molecule has 0 aliphatic rings. The normalized spacial score (nSPS) is 10.3. The molecule has 0 fully saturated rings. The molecule has 0 aliphatic carbocycles. The van der Waals surface area contributed by atoms with E-state index >= 15 is 0 Å². The molecule has 4 nitrogen and oxygen atoms in total. The van der Waals surface area contributed by atoms with Gasteiger partial charge in [-0.25, -0.2) is 4.39 Å². The molecule has 0 saturated heterocycles. The topological polar surface area (TPSA) is 41.6 Å². The summed E-state index contributed by atoms with van der Waals surface area (Å²) >= 11 is 0. The predicted molar refractivity (Wildman–Crippen MR) is 64.6 cm³/mol. The van der Waals surface area contributed by atoms with E-state index in [-0.39, 0.29) is 18.3 Å². The average molecular weight is 240 g/mol. The lowest BCUT2D eigenvalue weighted by molar-refractivity contribution is -0.117. The second-order valence-electron chi connectivity index (χ2n) is 3.60. The van der Waals surface area contributed by atoms with Crippen LogP contribution in [-0.2, 0) is 9.53 Å². The maximum atomic E-state index is 12.7. The number of ether oxygens (including phenoxy) is 1. The standard InChI is InChI=1S/C12H17FN2O2/c1-15(11-5-3-10(13)4-6-11)12(16)9-14-7-8-17-2/h3-6,14H,7-9H2,1-2H3. The molecule has 1 amide bonds. The van der Waals surface area contributed by atoms with Crippen molar-refractivity contribution in [1.29, 1.82) is 0 Å². The van der Waals surface area contributed by atoms with Gasteiger partial charge in [0.05, 0.1) is 13.2 Å². The molecular weight excluding hydrogens is 223 g/mol. The van der Waals surface area contributed by atoms with E-state index in [0.717, 1.165) is 0 Å². The van der Waals surface area contributed by atoms with Crippen LogP contribution in [0.25, 0.3) is 0 Å². The van der Waals surface area contributed by atoms with Crippen LogP contribution in [0.15, 0.2) is 24.3 Å². The van der Waals surface area contributed by atoms with Crippen LogP contribution in [0.1, 0.15) is 0 Å².